The van der Waals surface area contributed by atoms with E-state index in [9.17, 15) is 0 Å². The zero-order valence-electron chi connectivity index (χ0n) is 13.7. The molecule has 0 radical (unpaired) electrons. The summed E-state index contributed by atoms with van der Waals surface area (Å²) in [6, 6.07) is 17.5. The molecule has 4 rings (SSSR count). The van der Waals surface area contributed by atoms with Gasteiger partial charge in [0, 0.05) is 6.54 Å². The summed E-state index contributed by atoms with van der Waals surface area (Å²) in [5, 5.41) is 9.14. The van der Waals surface area contributed by atoms with Gasteiger partial charge in [0.1, 0.15) is 0 Å². The highest BCUT2D eigenvalue weighted by Crippen LogP contribution is 2.46. The van der Waals surface area contributed by atoms with Crippen LogP contribution in [0.25, 0.3) is 0 Å². The van der Waals surface area contributed by atoms with E-state index in [1.54, 1.807) is 11.1 Å². The van der Waals surface area contributed by atoms with Crippen LogP contribution in [0.3, 0.4) is 0 Å². The molecule has 0 amide bonds. The fraction of sp³-hybridized carbons (Fsp3) is 0.429. The van der Waals surface area contributed by atoms with Crippen LogP contribution < -0.4 is 0 Å². The number of benzene rings is 2. The number of hydrogen-bond acceptors (Lipinski definition) is 2. The highest BCUT2D eigenvalue weighted by molar-refractivity contribution is 5.39. The monoisotopic (exact) mass is 307 g/mol. The first-order valence-electron chi connectivity index (χ1n) is 8.78. The van der Waals surface area contributed by atoms with E-state index in [4.69, 9.17) is 5.11 Å². The lowest BCUT2D eigenvalue weighted by Gasteiger charge is -2.40. The Bertz CT molecular complexity index is 668. The predicted octanol–water partition coefficient (Wildman–Crippen LogP) is 3.66. The van der Waals surface area contributed by atoms with Gasteiger partial charge in [-0.25, -0.2) is 0 Å². The third-order valence-corrected chi connectivity index (χ3v) is 5.89. The molecule has 1 saturated heterocycles. The van der Waals surface area contributed by atoms with Gasteiger partial charge in [0.15, 0.2) is 0 Å². The van der Waals surface area contributed by atoms with Crippen LogP contribution in [0.4, 0.5) is 0 Å². The van der Waals surface area contributed by atoms with Crippen LogP contribution in [0.15, 0.2) is 48.5 Å². The summed E-state index contributed by atoms with van der Waals surface area (Å²) in [5.74, 6) is 0. The Balaban J connectivity index is 1.41. The Morgan fingerprint density at radius 3 is 2.30 bits per heavy atom. The van der Waals surface area contributed by atoms with Gasteiger partial charge in [-0.15, -0.1) is 0 Å². The lowest BCUT2D eigenvalue weighted by molar-refractivity contribution is 0.152. The number of piperidine rings is 1. The van der Waals surface area contributed by atoms with Crippen LogP contribution in [0, 0.1) is 0 Å². The Kier molecular flexibility index (Phi) is 3.96. The van der Waals surface area contributed by atoms with Crippen molar-refractivity contribution < 1.29 is 5.11 Å². The maximum Gasteiger partial charge on any atom is 0.0681 e. The second-order valence-corrected chi connectivity index (χ2v) is 7.19. The number of hydrogen-bond donors (Lipinski definition) is 1. The van der Waals surface area contributed by atoms with Gasteiger partial charge in [-0.1, -0.05) is 48.5 Å². The van der Waals surface area contributed by atoms with Crippen molar-refractivity contribution in [2.24, 2.45) is 0 Å². The van der Waals surface area contributed by atoms with Crippen molar-refractivity contribution in [3.8, 4) is 0 Å². The largest absolute Gasteiger partial charge is 0.392 e. The van der Waals surface area contributed by atoms with E-state index < -0.39 is 0 Å². The van der Waals surface area contributed by atoms with Crippen molar-refractivity contribution in [2.75, 3.05) is 13.1 Å². The minimum absolute atomic E-state index is 0.131. The van der Waals surface area contributed by atoms with Crippen LogP contribution in [0.5, 0.6) is 0 Å². The van der Waals surface area contributed by atoms with Crippen LogP contribution in [-0.2, 0) is 25.0 Å². The topological polar surface area (TPSA) is 23.5 Å². The molecule has 2 aromatic carbocycles. The molecule has 2 aromatic rings. The first kappa shape index (κ1) is 14.9. The number of likely N-dealkylation sites (tertiary alicyclic amines) is 1. The van der Waals surface area contributed by atoms with Crippen molar-refractivity contribution in [2.45, 2.75) is 44.2 Å². The summed E-state index contributed by atoms with van der Waals surface area (Å²) in [7, 11) is 0. The average molecular weight is 307 g/mol. The van der Waals surface area contributed by atoms with Gasteiger partial charge in [0.2, 0.25) is 0 Å². The number of fused-ring (bicyclic) bond motifs is 2. The first-order valence-corrected chi connectivity index (χ1v) is 8.78. The van der Waals surface area contributed by atoms with E-state index in [0.29, 0.717) is 5.41 Å². The molecule has 2 nitrogen and oxygen atoms in total. The van der Waals surface area contributed by atoms with Gasteiger partial charge < -0.3 is 5.11 Å². The molecule has 120 valence electrons. The van der Waals surface area contributed by atoms with Gasteiger partial charge in [-0.05, 0) is 66.4 Å². The summed E-state index contributed by atoms with van der Waals surface area (Å²) in [4.78, 5) is 2.58. The molecule has 0 saturated carbocycles. The van der Waals surface area contributed by atoms with E-state index in [2.05, 4.69) is 41.3 Å². The Morgan fingerprint density at radius 1 is 0.870 bits per heavy atom. The quantitative estimate of drug-likeness (QED) is 0.935. The molecule has 1 fully saturated rings. The minimum Gasteiger partial charge on any atom is -0.392 e. The molecular weight excluding hydrogens is 282 g/mol. The van der Waals surface area contributed by atoms with Crippen molar-refractivity contribution in [1.82, 2.24) is 4.90 Å². The third-order valence-electron chi connectivity index (χ3n) is 5.89. The SMILES string of the molecule is OCc1ccc(CN2CCC3(CCc4ccccc43)CC2)cc1. The summed E-state index contributed by atoms with van der Waals surface area (Å²) in [6.07, 6.45) is 5.18. The molecule has 2 heteroatoms. The van der Waals surface area contributed by atoms with E-state index >= 15 is 0 Å². The molecule has 1 N–H and O–H groups in total. The molecule has 23 heavy (non-hydrogen) atoms. The number of aliphatic hydroxyl groups is 1. The van der Waals surface area contributed by atoms with Crippen molar-refractivity contribution in [1.29, 1.82) is 0 Å². The molecule has 0 atom stereocenters. The van der Waals surface area contributed by atoms with Crippen LogP contribution in [0.1, 0.15) is 41.5 Å². The second-order valence-electron chi connectivity index (χ2n) is 7.19. The fourth-order valence-electron chi connectivity index (χ4n) is 4.43. The number of rotatable bonds is 3. The Morgan fingerprint density at radius 2 is 1.57 bits per heavy atom. The summed E-state index contributed by atoms with van der Waals surface area (Å²) < 4.78 is 0. The third kappa shape index (κ3) is 2.82. The highest BCUT2D eigenvalue weighted by Gasteiger charge is 2.40. The molecule has 0 aromatic heterocycles. The van der Waals surface area contributed by atoms with Gasteiger partial charge in [-0.2, -0.15) is 0 Å². The van der Waals surface area contributed by atoms with E-state index in [0.717, 1.165) is 12.1 Å². The van der Waals surface area contributed by atoms with Crippen molar-refractivity contribution >= 4 is 0 Å². The zero-order valence-corrected chi connectivity index (χ0v) is 13.7. The van der Waals surface area contributed by atoms with Crippen LogP contribution in [-0.4, -0.2) is 23.1 Å². The zero-order chi connectivity index (χ0) is 15.7. The second kappa shape index (κ2) is 6.10. The maximum atomic E-state index is 9.14. The molecule has 1 spiro atoms. The van der Waals surface area contributed by atoms with Crippen molar-refractivity contribution in [3.05, 3.63) is 70.8 Å². The molecule has 1 aliphatic heterocycles. The maximum absolute atomic E-state index is 9.14. The van der Waals surface area contributed by atoms with Gasteiger partial charge >= 0.3 is 0 Å². The first-order chi connectivity index (χ1) is 11.3. The van der Waals surface area contributed by atoms with E-state index in [-0.39, 0.29) is 6.61 Å². The number of aliphatic hydroxyl groups excluding tert-OH is 1. The summed E-state index contributed by atoms with van der Waals surface area (Å²) >= 11 is 0. The lowest BCUT2D eigenvalue weighted by atomic mass is 9.74. The van der Waals surface area contributed by atoms with E-state index in [1.807, 2.05) is 12.1 Å². The number of nitrogens with zero attached hydrogens (tertiary/aromatic N) is 1. The Hall–Kier alpha value is -1.64. The van der Waals surface area contributed by atoms with Crippen LogP contribution in [0.2, 0.25) is 0 Å². The van der Waals surface area contributed by atoms with Gasteiger partial charge in [0.05, 0.1) is 6.61 Å². The number of aryl methyl sites for hydroxylation is 1. The molecule has 0 unspecified atom stereocenters. The van der Waals surface area contributed by atoms with E-state index in [1.165, 1.54) is 44.3 Å². The van der Waals surface area contributed by atoms with Gasteiger partial charge in [-0.3, -0.25) is 4.90 Å². The Labute approximate surface area is 138 Å². The molecule has 0 bridgehead atoms. The molecule has 2 aliphatic rings. The average Bonchev–Trinajstić information content (AvgIpc) is 2.97. The lowest BCUT2D eigenvalue weighted by Crippen LogP contribution is -2.41. The standard InChI is InChI=1S/C21H25NO/c23-16-18-7-5-17(6-8-18)15-22-13-11-21(12-14-22)10-9-19-3-1-2-4-20(19)21/h1-8,23H,9-16H2. The van der Waals surface area contributed by atoms with Crippen LogP contribution >= 0.6 is 0 Å². The smallest absolute Gasteiger partial charge is 0.0681 e. The normalized spacial score (nSPS) is 19.9. The molecule has 1 heterocycles. The van der Waals surface area contributed by atoms with Crippen molar-refractivity contribution in [3.63, 3.8) is 0 Å². The molecule has 1 aliphatic carbocycles. The highest BCUT2D eigenvalue weighted by atomic mass is 16.3. The molecular formula is C21H25NO. The summed E-state index contributed by atoms with van der Waals surface area (Å²) in [5.41, 5.74) is 6.01. The predicted molar refractivity (Wildman–Crippen MR) is 93.3 cm³/mol. The minimum atomic E-state index is 0.131. The van der Waals surface area contributed by atoms with Gasteiger partial charge in [0.25, 0.3) is 0 Å². The fourth-order valence-corrected chi connectivity index (χ4v) is 4.43. The summed E-state index contributed by atoms with van der Waals surface area (Å²) in [6.45, 7) is 3.54.